The Hall–Kier alpha value is -1.99. The van der Waals surface area contributed by atoms with Gasteiger partial charge in [0.1, 0.15) is 10.7 Å². The van der Waals surface area contributed by atoms with E-state index in [1.54, 1.807) is 12.1 Å². The smallest absolute Gasteiger partial charge is 0.287 e. The summed E-state index contributed by atoms with van der Waals surface area (Å²) >= 11 is 5.80. The molecule has 0 unspecified atom stereocenters. The van der Waals surface area contributed by atoms with Crippen LogP contribution in [0.4, 0.5) is 0 Å². The van der Waals surface area contributed by atoms with Gasteiger partial charge in [-0.05, 0) is 18.2 Å². The molecule has 6 nitrogen and oxygen atoms in total. The summed E-state index contributed by atoms with van der Waals surface area (Å²) in [6.07, 6.45) is 5.49. The van der Waals surface area contributed by atoms with Crippen molar-refractivity contribution in [1.82, 2.24) is 9.97 Å². The Labute approximate surface area is 115 Å². The van der Waals surface area contributed by atoms with Crippen LogP contribution in [0.15, 0.2) is 52.3 Å². The Kier molecular flexibility index (Phi) is 3.77. The largest absolute Gasteiger partial charge is 0.383 e. The normalized spacial score (nSPS) is 12.4. The Morgan fingerprint density at radius 1 is 1.16 bits per heavy atom. The van der Waals surface area contributed by atoms with Gasteiger partial charge >= 0.3 is 0 Å². The zero-order valence-electron chi connectivity index (χ0n) is 9.56. The molecule has 2 rings (SSSR count). The molecular formula is C11H9ClN4O2S. The van der Waals surface area contributed by atoms with Crippen LogP contribution in [-0.4, -0.2) is 24.2 Å². The van der Waals surface area contributed by atoms with E-state index >= 15 is 0 Å². The third-order valence-corrected chi connectivity index (χ3v) is 3.97. The van der Waals surface area contributed by atoms with Gasteiger partial charge < -0.3 is 5.73 Å². The molecule has 0 aliphatic rings. The summed E-state index contributed by atoms with van der Waals surface area (Å²) in [6.45, 7) is 0. The first kappa shape index (κ1) is 13.4. The average molecular weight is 297 g/mol. The maximum absolute atomic E-state index is 12.0. The van der Waals surface area contributed by atoms with Crippen molar-refractivity contribution in [3.05, 3.63) is 53.6 Å². The summed E-state index contributed by atoms with van der Waals surface area (Å²) in [5.74, 6) is -0.137. The fourth-order valence-corrected chi connectivity index (χ4v) is 2.68. The minimum atomic E-state index is -3.99. The average Bonchev–Trinajstić information content (AvgIpc) is 2.39. The maximum Gasteiger partial charge on any atom is 0.287 e. The van der Waals surface area contributed by atoms with E-state index in [1.165, 1.54) is 24.7 Å². The van der Waals surface area contributed by atoms with Crippen molar-refractivity contribution in [1.29, 1.82) is 0 Å². The van der Waals surface area contributed by atoms with Crippen molar-refractivity contribution in [2.24, 2.45) is 10.1 Å². The molecule has 8 heteroatoms. The number of aromatic nitrogens is 2. The van der Waals surface area contributed by atoms with Crippen LogP contribution in [0.5, 0.6) is 0 Å². The number of amidine groups is 1. The first-order valence-corrected chi connectivity index (χ1v) is 6.93. The summed E-state index contributed by atoms with van der Waals surface area (Å²) < 4.78 is 27.6. The summed E-state index contributed by atoms with van der Waals surface area (Å²) in [4.78, 5) is 7.33. The second kappa shape index (κ2) is 5.33. The Bertz CT molecular complexity index is 716. The lowest BCUT2D eigenvalue weighted by Gasteiger charge is -2.03. The molecule has 2 N–H and O–H groups in total. The minimum absolute atomic E-state index is 0.0429. The summed E-state index contributed by atoms with van der Waals surface area (Å²) in [6, 6.07) is 4.48. The van der Waals surface area contributed by atoms with Crippen molar-refractivity contribution in [2.75, 3.05) is 0 Å². The molecule has 0 aromatic carbocycles. The van der Waals surface area contributed by atoms with E-state index in [2.05, 4.69) is 14.4 Å². The lowest BCUT2D eigenvalue weighted by molar-refractivity contribution is 0.597. The molecule has 98 valence electrons. The summed E-state index contributed by atoms with van der Waals surface area (Å²) in [7, 11) is -3.99. The number of nitrogens with zero attached hydrogens (tertiary/aromatic N) is 3. The van der Waals surface area contributed by atoms with E-state index in [0.717, 1.165) is 6.20 Å². The highest BCUT2D eigenvalue weighted by molar-refractivity contribution is 7.90. The van der Waals surface area contributed by atoms with Crippen molar-refractivity contribution in [3.8, 4) is 0 Å². The molecule has 2 aromatic rings. The molecule has 0 saturated heterocycles. The van der Waals surface area contributed by atoms with Crippen LogP contribution >= 0.6 is 11.6 Å². The molecule has 0 aliphatic heterocycles. The van der Waals surface area contributed by atoms with Crippen LogP contribution in [0.25, 0.3) is 0 Å². The van der Waals surface area contributed by atoms with Crippen LogP contribution in [0.3, 0.4) is 0 Å². The third-order valence-electron chi connectivity index (χ3n) is 2.21. The van der Waals surface area contributed by atoms with E-state index < -0.39 is 10.0 Å². The quantitative estimate of drug-likeness (QED) is 0.678. The molecule has 0 saturated carbocycles. The number of hydrogen-bond donors (Lipinski definition) is 1. The molecular weight excluding hydrogens is 288 g/mol. The molecule has 0 amide bonds. The molecule has 0 spiro atoms. The van der Waals surface area contributed by atoms with Gasteiger partial charge in [0.2, 0.25) is 0 Å². The van der Waals surface area contributed by atoms with Gasteiger partial charge in [0.05, 0.1) is 5.02 Å². The Morgan fingerprint density at radius 3 is 2.42 bits per heavy atom. The zero-order valence-corrected chi connectivity index (χ0v) is 11.1. The topological polar surface area (TPSA) is 98.3 Å². The SMILES string of the molecule is NC(=NS(=O)(=O)c1cnccc1Cl)c1ccncc1. The van der Waals surface area contributed by atoms with Crippen molar-refractivity contribution in [2.45, 2.75) is 4.90 Å². The van der Waals surface area contributed by atoms with E-state index in [9.17, 15) is 8.42 Å². The monoisotopic (exact) mass is 296 g/mol. The second-order valence-electron chi connectivity index (χ2n) is 3.49. The maximum atomic E-state index is 12.0. The van der Waals surface area contributed by atoms with Crippen LogP contribution < -0.4 is 5.73 Å². The number of halogens is 1. The van der Waals surface area contributed by atoms with E-state index in [-0.39, 0.29) is 15.8 Å². The number of pyridine rings is 2. The molecule has 0 radical (unpaired) electrons. The van der Waals surface area contributed by atoms with Crippen molar-refractivity contribution >= 4 is 27.5 Å². The molecule has 0 aliphatic carbocycles. The fourth-order valence-electron chi connectivity index (χ4n) is 1.31. The van der Waals surface area contributed by atoms with Crippen LogP contribution in [0.1, 0.15) is 5.56 Å². The predicted octanol–water partition coefficient (Wildman–Crippen LogP) is 1.22. The minimum Gasteiger partial charge on any atom is -0.383 e. The lowest BCUT2D eigenvalue weighted by atomic mass is 10.2. The van der Waals surface area contributed by atoms with Gasteiger partial charge in [0.15, 0.2) is 0 Å². The highest BCUT2D eigenvalue weighted by Gasteiger charge is 2.18. The fraction of sp³-hybridized carbons (Fsp3) is 0. The van der Waals surface area contributed by atoms with Gasteiger partial charge in [-0.1, -0.05) is 11.6 Å². The van der Waals surface area contributed by atoms with E-state index in [4.69, 9.17) is 17.3 Å². The lowest BCUT2D eigenvalue weighted by Crippen LogP contribution is -2.16. The van der Waals surface area contributed by atoms with Gasteiger partial charge in [0.25, 0.3) is 10.0 Å². The van der Waals surface area contributed by atoms with Crippen LogP contribution in [0, 0.1) is 0 Å². The van der Waals surface area contributed by atoms with Gasteiger partial charge in [-0.15, -0.1) is 4.40 Å². The molecule has 0 atom stereocenters. The van der Waals surface area contributed by atoms with Gasteiger partial charge in [-0.2, -0.15) is 8.42 Å². The van der Waals surface area contributed by atoms with E-state index in [0.29, 0.717) is 5.56 Å². The van der Waals surface area contributed by atoms with Crippen molar-refractivity contribution in [3.63, 3.8) is 0 Å². The number of hydrogen-bond acceptors (Lipinski definition) is 4. The zero-order chi connectivity index (χ0) is 13.9. The number of rotatable bonds is 3. The van der Waals surface area contributed by atoms with Gasteiger partial charge in [-0.3, -0.25) is 9.97 Å². The first-order valence-electron chi connectivity index (χ1n) is 5.11. The standard InChI is InChI=1S/C11H9ClN4O2S/c12-9-3-6-15-7-10(9)19(17,18)16-11(13)8-1-4-14-5-2-8/h1-7H,(H2,13,16). The number of nitrogens with two attached hydrogens (primary N) is 1. The summed E-state index contributed by atoms with van der Waals surface area (Å²) in [5.41, 5.74) is 6.11. The predicted molar refractivity (Wildman–Crippen MR) is 71.4 cm³/mol. The van der Waals surface area contributed by atoms with E-state index in [1.807, 2.05) is 0 Å². The Morgan fingerprint density at radius 2 is 1.79 bits per heavy atom. The molecule has 2 aromatic heterocycles. The molecule has 0 fully saturated rings. The second-order valence-corrected chi connectivity index (χ2v) is 5.47. The van der Waals surface area contributed by atoms with Crippen LogP contribution in [0.2, 0.25) is 5.02 Å². The van der Waals surface area contributed by atoms with Crippen molar-refractivity contribution < 1.29 is 8.42 Å². The van der Waals surface area contributed by atoms with Crippen LogP contribution in [-0.2, 0) is 10.0 Å². The van der Waals surface area contributed by atoms with Gasteiger partial charge in [-0.25, -0.2) is 0 Å². The molecule has 0 bridgehead atoms. The Balaban J connectivity index is 2.45. The highest BCUT2D eigenvalue weighted by Crippen LogP contribution is 2.21. The first-order chi connectivity index (χ1) is 9.00. The molecule has 2 heterocycles. The van der Waals surface area contributed by atoms with Gasteiger partial charge in [0, 0.05) is 30.4 Å². The third kappa shape index (κ3) is 3.07. The highest BCUT2D eigenvalue weighted by atomic mass is 35.5. The summed E-state index contributed by atoms with van der Waals surface area (Å²) in [5, 5.41) is 0.0429. The molecule has 19 heavy (non-hydrogen) atoms. The number of sulfonamides is 1.